The Kier molecular flexibility index (Phi) is 3.01. The molecule has 0 spiro atoms. The number of aliphatic carboxylic acids is 1. The lowest BCUT2D eigenvalue weighted by atomic mass is 9.95. The summed E-state index contributed by atoms with van der Waals surface area (Å²) in [5.74, 6) is -3.33. The van der Waals surface area contributed by atoms with Crippen molar-refractivity contribution in [2.75, 3.05) is 0 Å². The molecule has 0 fully saturated rings. The van der Waals surface area contributed by atoms with Gasteiger partial charge in [0.1, 0.15) is 5.92 Å². The van der Waals surface area contributed by atoms with Gasteiger partial charge in [-0.3, -0.25) is 14.6 Å². The number of nitrogens with one attached hydrogen (secondary N) is 1. The van der Waals surface area contributed by atoms with E-state index >= 15 is 0 Å². The highest BCUT2D eigenvalue weighted by Gasteiger charge is 2.25. The summed E-state index contributed by atoms with van der Waals surface area (Å²) in [6.07, 6.45) is 0.212. The molecule has 0 saturated heterocycles. The van der Waals surface area contributed by atoms with Crippen molar-refractivity contribution in [3.8, 4) is 0 Å². The third-order valence-electron chi connectivity index (χ3n) is 2.73. The summed E-state index contributed by atoms with van der Waals surface area (Å²) < 4.78 is 4.82. The first kappa shape index (κ1) is 12.1. The molecule has 1 aromatic carbocycles. The van der Waals surface area contributed by atoms with Crippen molar-refractivity contribution in [1.29, 1.82) is 0 Å². The van der Waals surface area contributed by atoms with Crippen molar-refractivity contribution < 1.29 is 19.1 Å². The van der Waals surface area contributed by atoms with Crippen LogP contribution in [0.15, 0.2) is 27.4 Å². The van der Waals surface area contributed by atoms with E-state index in [0.717, 1.165) is 0 Å². The van der Waals surface area contributed by atoms with Crippen LogP contribution in [0.3, 0.4) is 0 Å². The van der Waals surface area contributed by atoms with Crippen molar-refractivity contribution in [2.24, 2.45) is 5.92 Å². The van der Waals surface area contributed by atoms with Crippen molar-refractivity contribution >= 4 is 22.9 Å². The molecule has 0 amide bonds. The maximum absolute atomic E-state index is 12.0. The molecule has 1 unspecified atom stereocenters. The summed E-state index contributed by atoms with van der Waals surface area (Å²) in [6, 6.07) is 4.37. The Morgan fingerprint density at radius 2 is 2.17 bits per heavy atom. The van der Waals surface area contributed by atoms with E-state index in [1.54, 1.807) is 6.92 Å². The van der Waals surface area contributed by atoms with E-state index in [-0.39, 0.29) is 17.6 Å². The van der Waals surface area contributed by atoms with Gasteiger partial charge in [-0.1, -0.05) is 6.92 Å². The molecule has 0 radical (unpaired) electrons. The molecule has 1 heterocycles. The summed E-state index contributed by atoms with van der Waals surface area (Å²) in [6.45, 7) is 1.63. The number of oxazole rings is 1. The molecule has 0 aliphatic rings. The van der Waals surface area contributed by atoms with E-state index in [0.29, 0.717) is 5.52 Å². The third kappa shape index (κ3) is 2.04. The third-order valence-corrected chi connectivity index (χ3v) is 2.73. The summed E-state index contributed by atoms with van der Waals surface area (Å²) in [5, 5.41) is 8.92. The van der Waals surface area contributed by atoms with Crippen molar-refractivity contribution in [2.45, 2.75) is 13.3 Å². The largest absolute Gasteiger partial charge is 0.481 e. The van der Waals surface area contributed by atoms with Crippen LogP contribution in [-0.2, 0) is 4.79 Å². The van der Waals surface area contributed by atoms with Gasteiger partial charge in [0, 0.05) is 5.56 Å². The Hall–Kier alpha value is -2.37. The van der Waals surface area contributed by atoms with Crippen molar-refractivity contribution in [1.82, 2.24) is 4.98 Å². The number of H-pyrrole nitrogens is 1. The van der Waals surface area contributed by atoms with Crippen molar-refractivity contribution in [3.63, 3.8) is 0 Å². The quantitative estimate of drug-likeness (QED) is 0.630. The van der Waals surface area contributed by atoms with E-state index in [9.17, 15) is 14.4 Å². The zero-order valence-corrected chi connectivity index (χ0v) is 9.60. The normalized spacial score (nSPS) is 12.5. The van der Waals surface area contributed by atoms with Crippen LogP contribution in [0.5, 0.6) is 0 Å². The number of carboxylic acids is 1. The Bertz CT molecular complexity index is 666. The van der Waals surface area contributed by atoms with Crippen LogP contribution >= 0.6 is 0 Å². The highest BCUT2D eigenvalue weighted by Crippen LogP contribution is 2.17. The molecular formula is C12H11NO5. The van der Waals surface area contributed by atoms with Crippen LogP contribution in [0.4, 0.5) is 0 Å². The lowest BCUT2D eigenvalue weighted by Gasteiger charge is -2.08. The molecule has 2 aromatic rings. The molecule has 94 valence electrons. The molecule has 2 rings (SSSR count). The van der Waals surface area contributed by atoms with E-state index in [2.05, 4.69) is 4.98 Å². The summed E-state index contributed by atoms with van der Waals surface area (Å²) in [5.41, 5.74) is 0.936. The average Bonchev–Trinajstić information content (AvgIpc) is 2.68. The summed E-state index contributed by atoms with van der Waals surface area (Å²) in [4.78, 5) is 36.3. The molecule has 1 aromatic heterocycles. The minimum absolute atomic E-state index is 0.212. The standard InChI is InChI=1S/C12H11NO5/c1-2-7(11(15)16)10(14)6-3-4-8-9(5-6)18-12(17)13-8/h3-5,7H,2H2,1H3,(H,13,17)(H,15,16). The number of carboxylic acid groups (broad SMARTS) is 1. The van der Waals surface area contributed by atoms with Gasteiger partial charge in [-0.15, -0.1) is 0 Å². The number of Topliss-reactive ketones (excluding diaryl/α,β-unsaturated/α-hetero) is 1. The smallest absolute Gasteiger partial charge is 0.417 e. The van der Waals surface area contributed by atoms with Crippen molar-refractivity contribution in [3.05, 3.63) is 34.3 Å². The molecule has 6 heteroatoms. The molecule has 0 aliphatic carbocycles. The zero-order chi connectivity index (χ0) is 13.3. The Balaban J connectivity index is 2.44. The number of rotatable bonds is 4. The average molecular weight is 249 g/mol. The maximum Gasteiger partial charge on any atom is 0.417 e. The fraction of sp³-hybridized carbons (Fsp3) is 0.250. The van der Waals surface area contributed by atoms with Gasteiger partial charge in [-0.2, -0.15) is 0 Å². The monoisotopic (exact) mass is 249 g/mol. The molecule has 18 heavy (non-hydrogen) atoms. The number of aromatic amines is 1. The summed E-state index contributed by atoms with van der Waals surface area (Å²) in [7, 11) is 0. The number of fused-ring (bicyclic) bond motifs is 1. The number of ketones is 1. The van der Waals surface area contributed by atoms with Gasteiger partial charge in [0.15, 0.2) is 11.4 Å². The minimum atomic E-state index is -1.15. The second-order valence-electron chi connectivity index (χ2n) is 3.89. The highest BCUT2D eigenvalue weighted by molar-refractivity contribution is 6.09. The zero-order valence-electron chi connectivity index (χ0n) is 9.60. The molecular weight excluding hydrogens is 238 g/mol. The van der Waals surface area contributed by atoms with Crippen LogP contribution in [0.25, 0.3) is 11.1 Å². The molecule has 6 nitrogen and oxygen atoms in total. The number of carbonyl (C=O) groups is 2. The van der Waals surface area contributed by atoms with Gasteiger partial charge >= 0.3 is 11.7 Å². The molecule has 0 aliphatic heterocycles. The number of carbonyl (C=O) groups excluding carboxylic acids is 1. The predicted octanol–water partition coefficient (Wildman–Crippen LogP) is 1.41. The van der Waals surface area contributed by atoms with E-state index in [1.165, 1.54) is 18.2 Å². The topological polar surface area (TPSA) is 100 Å². The minimum Gasteiger partial charge on any atom is -0.481 e. The second kappa shape index (κ2) is 4.48. The van der Waals surface area contributed by atoms with E-state index < -0.39 is 23.4 Å². The van der Waals surface area contributed by atoms with E-state index in [4.69, 9.17) is 9.52 Å². The number of aromatic nitrogens is 1. The van der Waals surface area contributed by atoms with Gasteiger partial charge < -0.3 is 9.52 Å². The van der Waals surface area contributed by atoms with Gasteiger partial charge in [0.05, 0.1) is 5.52 Å². The summed E-state index contributed by atoms with van der Waals surface area (Å²) >= 11 is 0. The Morgan fingerprint density at radius 1 is 1.44 bits per heavy atom. The lowest BCUT2D eigenvalue weighted by Crippen LogP contribution is -2.23. The first-order chi connectivity index (χ1) is 8.52. The fourth-order valence-electron chi connectivity index (χ4n) is 1.77. The number of hydrogen-bond acceptors (Lipinski definition) is 4. The first-order valence-corrected chi connectivity index (χ1v) is 5.42. The molecule has 0 bridgehead atoms. The van der Waals surface area contributed by atoms with Gasteiger partial charge in [-0.05, 0) is 24.6 Å². The highest BCUT2D eigenvalue weighted by atomic mass is 16.4. The van der Waals surface area contributed by atoms with Crippen LogP contribution in [-0.4, -0.2) is 21.8 Å². The first-order valence-electron chi connectivity index (χ1n) is 5.42. The van der Waals surface area contributed by atoms with Crippen LogP contribution in [0, 0.1) is 5.92 Å². The number of hydrogen-bond donors (Lipinski definition) is 2. The van der Waals surface area contributed by atoms with Crippen LogP contribution < -0.4 is 5.76 Å². The Morgan fingerprint density at radius 3 is 2.78 bits per heavy atom. The molecule has 2 N–H and O–H groups in total. The fourth-order valence-corrected chi connectivity index (χ4v) is 1.77. The molecule has 0 saturated carbocycles. The predicted molar refractivity (Wildman–Crippen MR) is 62.6 cm³/mol. The number of benzene rings is 1. The van der Waals surface area contributed by atoms with Gasteiger partial charge in [-0.25, -0.2) is 4.79 Å². The maximum atomic E-state index is 12.0. The second-order valence-corrected chi connectivity index (χ2v) is 3.89. The van der Waals surface area contributed by atoms with Gasteiger partial charge in [0.25, 0.3) is 0 Å². The molecule has 1 atom stereocenters. The lowest BCUT2D eigenvalue weighted by molar-refractivity contribution is -0.140. The van der Waals surface area contributed by atoms with Gasteiger partial charge in [0.2, 0.25) is 0 Å². The SMILES string of the molecule is CCC(C(=O)O)C(=O)c1ccc2[nH]c(=O)oc2c1. The van der Waals surface area contributed by atoms with E-state index in [1.807, 2.05) is 0 Å². The Labute approximate surface area is 101 Å². The van der Waals surface area contributed by atoms with Crippen LogP contribution in [0.2, 0.25) is 0 Å². The van der Waals surface area contributed by atoms with Crippen LogP contribution in [0.1, 0.15) is 23.7 Å².